The van der Waals surface area contributed by atoms with E-state index in [1.54, 1.807) is 0 Å². The Bertz CT molecular complexity index is 2160. The molecular formula is C45H36. The predicted molar refractivity (Wildman–Crippen MR) is 191 cm³/mol. The zero-order chi connectivity index (χ0) is 30.1. The summed E-state index contributed by atoms with van der Waals surface area (Å²) in [7, 11) is 0. The summed E-state index contributed by atoms with van der Waals surface area (Å²) in [5, 5.41) is 2.55. The second kappa shape index (κ2) is 10.0. The van der Waals surface area contributed by atoms with Crippen LogP contribution in [0.5, 0.6) is 0 Å². The lowest BCUT2D eigenvalue weighted by Gasteiger charge is -2.40. The summed E-state index contributed by atoms with van der Waals surface area (Å²) >= 11 is 0. The van der Waals surface area contributed by atoms with Gasteiger partial charge in [-0.2, -0.15) is 0 Å². The van der Waals surface area contributed by atoms with E-state index in [1.807, 2.05) is 0 Å². The third kappa shape index (κ3) is 4.20. The smallest absolute Gasteiger partial charge is 0.0159 e. The molecule has 0 fully saturated rings. The number of rotatable bonds is 3. The van der Waals surface area contributed by atoms with E-state index < -0.39 is 0 Å². The van der Waals surface area contributed by atoms with Gasteiger partial charge in [-0.3, -0.25) is 0 Å². The zero-order valence-electron chi connectivity index (χ0n) is 25.8. The van der Waals surface area contributed by atoms with Gasteiger partial charge < -0.3 is 0 Å². The van der Waals surface area contributed by atoms with Crippen molar-refractivity contribution in [2.24, 2.45) is 23.7 Å². The topological polar surface area (TPSA) is 0 Å². The molecule has 0 aromatic heterocycles. The molecule has 45 heavy (non-hydrogen) atoms. The fourth-order valence-electron chi connectivity index (χ4n) is 8.47. The quantitative estimate of drug-likeness (QED) is 0.200. The van der Waals surface area contributed by atoms with E-state index in [0.717, 1.165) is 0 Å². The summed E-state index contributed by atoms with van der Waals surface area (Å²) < 4.78 is 0. The number of allylic oxidation sites excluding steroid dienone is 10. The van der Waals surface area contributed by atoms with Crippen molar-refractivity contribution in [1.29, 1.82) is 0 Å². The Hall–Kier alpha value is -4.94. The molecule has 0 saturated heterocycles. The van der Waals surface area contributed by atoms with E-state index in [-0.39, 0.29) is 5.41 Å². The molecule has 0 saturated carbocycles. The highest BCUT2D eigenvalue weighted by atomic mass is 14.4. The molecule has 0 nitrogen and oxygen atoms in total. The molecule has 0 heteroatoms. The van der Waals surface area contributed by atoms with Crippen molar-refractivity contribution in [2.75, 3.05) is 0 Å². The lowest BCUT2D eigenvalue weighted by atomic mass is 9.63. The Kier molecular flexibility index (Phi) is 5.91. The molecule has 4 unspecified atom stereocenters. The van der Waals surface area contributed by atoms with Gasteiger partial charge in [0.25, 0.3) is 0 Å². The maximum atomic E-state index is 2.52. The number of fused-ring (bicyclic) bond motifs is 7. The van der Waals surface area contributed by atoms with Crippen LogP contribution in [0, 0.1) is 23.7 Å². The minimum atomic E-state index is 0.00659. The second-order valence-corrected chi connectivity index (χ2v) is 13.7. The molecule has 0 aliphatic heterocycles. The Morgan fingerprint density at radius 3 is 1.91 bits per heavy atom. The van der Waals surface area contributed by atoms with E-state index in [0.29, 0.717) is 23.7 Å². The van der Waals surface area contributed by atoms with Crippen molar-refractivity contribution >= 4 is 16.3 Å². The van der Waals surface area contributed by atoms with Gasteiger partial charge in [-0.05, 0) is 103 Å². The van der Waals surface area contributed by atoms with Crippen LogP contribution >= 0.6 is 0 Å². The van der Waals surface area contributed by atoms with E-state index in [9.17, 15) is 0 Å². The molecule has 0 N–H and O–H groups in total. The fourth-order valence-corrected chi connectivity index (χ4v) is 8.47. The Morgan fingerprint density at radius 2 is 1.09 bits per heavy atom. The number of hydrogen-bond acceptors (Lipinski definition) is 0. The molecule has 0 radical (unpaired) electrons. The third-order valence-electron chi connectivity index (χ3n) is 10.9. The van der Waals surface area contributed by atoms with Crippen LogP contribution in [0.15, 0.2) is 158 Å². The fraction of sp³-hybridized carbons (Fsp3) is 0.156. The SMILES string of the molecule is CC1(C)c2ccccc2-c2ccc(-c3ccc4cc(-c5cccc(C6=CC7C=CC=CC7C7C=CC=CC67)c5)ccc4c3)cc21. The van der Waals surface area contributed by atoms with Gasteiger partial charge in [0.15, 0.2) is 0 Å². The monoisotopic (exact) mass is 576 g/mol. The Morgan fingerprint density at radius 1 is 0.467 bits per heavy atom. The normalized spacial score (nSPS) is 23.3. The Balaban J connectivity index is 1.05. The minimum Gasteiger partial charge on any atom is -0.0799 e. The Labute approximate surface area is 266 Å². The van der Waals surface area contributed by atoms with Crippen LogP contribution in [0.3, 0.4) is 0 Å². The first-order chi connectivity index (χ1) is 22.0. The maximum Gasteiger partial charge on any atom is 0.0159 e. The van der Waals surface area contributed by atoms with Gasteiger partial charge in [0.2, 0.25) is 0 Å². The molecule has 4 aliphatic carbocycles. The predicted octanol–water partition coefficient (Wildman–Crippen LogP) is 11.6. The average Bonchev–Trinajstić information content (AvgIpc) is 3.33. The van der Waals surface area contributed by atoms with Crippen LogP contribution in [0.25, 0.3) is 49.7 Å². The van der Waals surface area contributed by atoms with Crippen molar-refractivity contribution in [2.45, 2.75) is 19.3 Å². The van der Waals surface area contributed by atoms with Crippen molar-refractivity contribution in [3.8, 4) is 33.4 Å². The van der Waals surface area contributed by atoms with Gasteiger partial charge in [0.05, 0.1) is 0 Å². The van der Waals surface area contributed by atoms with E-state index in [1.165, 1.54) is 66.4 Å². The minimum absolute atomic E-state index is 0.00659. The number of hydrogen-bond donors (Lipinski definition) is 0. The summed E-state index contributed by atoms with van der Waals surface area (Å²) in [5.74, 6) is 1.91. The molecule has 5 aromatic carbocycles. The molecule has 0 heterocycles. The maximum absolute atomic E-state index is 2.52. The molecule has 4 atom stereocenters. The van der Waals surface area contributed by atoms with Gasteiger partial charge >= 0.3 is 0 Å². The first-order valence-electron chi connectivity index (χ1n) is 16.4. The van der Waals surface area contributed by atoms with Crippen molar-refractivity contribution in [3.05, 3.63) is 175 Å². The van der Waals surface area contributed by atoms with Gasteiger partial charge in [-0.15, -0.1) is 0 Å². The molecule has 0 amide bonds. The summed E-state index contributed by atoms with van der Waals surface area (Å²) in [4.78, 5) is 0. The average molecular weight is 577 g/mol. The van der Waals surface area contributed by atoms with Gasteiger partial charge in [-0.1, -0.05) is 147 Å². The van der Waals surface area contributed by atoms with Crippen LogP contribution in [-0.2, 0) is 5.41 Å². The van der Waals surface area contributed by atoms with Crippen molar-refractivity contribution < 1.29 is 0 Å². The summed E-state index contributed by atoms with van der Waals surface area (Å²) in [5.41, 5.74) is 13.5. The number of benzene rings is 5. The molecule has 0 bridgehead atoms. The first-order valence-corrected chi connectivity index (χ1v) is 16.4. The highest BCUT2D eigenvalue weighted by Gasteiger charge is 2.37. The molecule has 0 spiro atoms. The highest BCUT2D eigenvalue weighted by Crippen LogP contribution is 2.50. The van der Waals surface area contributed by atoms with Crippen LogP contribution in [0.1, 0.15) is 30.5 Å². The first kappa shape index (κ1) is 26.5. The van der Waals surface area contributed by atoms with Gasteiger partial charge in [0, 0.05) is 17.3 Å². The largest absolute Gasteiger partial charge is 0.0799 e. The molecule has 4 aliphatic rings. The van der Waals surface area contributed by atoms with Crippen LogP contribution in [-0.4, -0.2) is 0 Å². The summed E-state index contributed by atoms with van der Waals surface area (Å²) in [6.07, 6.45) is 21.0. The van der Waals surface area contributed by atoms with E-state index in [2.05, 4.69) is 172 Å². The van der Waals surface area contributed by atoms with Crippen LogP contribution in [0.2, 0.25) is 0 Å². The van der Waals surface area contributed by atoms with E-state index in [4.69, 9.17) is 0 Å². The lowest BCUT2D eigenvalue weighted by molar-refractivity contribution is 0.357. The van der Waals surface area contributed by atoms with Crippen molar-refractivity contribution in [1.82, 2.24) is 0 Å². The van der Waals surface area contributed by atoms with Crippen LogP contribution < -0.4 is 0 Å². The molecular weight excluding hydrogens is 540 g/mol. The third-order valence-corrected chi connectivity index (χ3v) is 10.9. The van der Waals surface area contributed by atoms with Crippen LogP contribution in [0.4, 0.5) is 0 Å². The van der Waals surface area contributed by atoms with Gasteiger partial charge in [0.1, 0.15) is 0 Å². The zero-order valence-corrected chi connectivity index (χ0v) is 25.8. The van der Waals surface area contributed by atoms with Crippen molar-refractivity contribution in [3.63, 3.8) is 0 Å². The molecule has 5 aromatic rings. The second-order valence-electron chi connectivity index (χ2n) is 13.7. The molecule has 216 valence electrons. The highest BCUT2D eigenvalue weighted by molar-refractivity contribution is 5.92. The lowest BCUT2D eigenvalue weighted by Crippen LogP contribution is -2.31. The summed E-state index contributed by atoms with van der Waals surface area (Å²) in [6.45, 7) is 4.71. The summed E-state index contributed by atoms with van der Waals surface area (Å²) in [6, 6.07) is 39.0. The van der Waals surface area contributed by atoms with E-state index >= 15 is 0 Å². The molecule has 9 rings (SSSR count). The standard InChI is InChI=1S/C45H36/c1-45(2)43-17-8-7-16-40(43)41-23-22-34(28-44(41)45)33-21-20-31-24-30(18-19-32(31)25-33)29-11-9-12-35(26-29)42-27-36-10-3-4-13-37(36)38-14-5-6-15-39(38)42/h3-28,36-39H,1-2H3. The van der Waals surface area contributed by atoms with Gasteiger partial charge in [-0.25, -0.2) is 0 Å².